The van der Waals surface area contributed by atoms with Crippen LogP contribution in [0, 0.1) is 6.92 Å². The first-order valence-corrected chi connectivity index (χ1v) is 10.3. The van der Waals surface area contributed by atoms with Gasteiger partial charge in [0.1, 0.15) is 11.3 Å². The zero-order chi connectivity index (χ0) is 21.9. The molecule has 1 amide bonds. The van der Waals surface area contributed by atoms with E-state index >= 15 is 0 Å². The Kier molecular flexibility index (Phi) is 4.54. The number of phenols is 1. The van der Waals surface area contributed by atoms with Gasteiger partial charge in [-0.15, -0.1) is 0 Å². The molecule has 4 aromatic rings. The summed E-state index contributed by atoms with van der Waals surface area (Å²) in [6.45, 7) is 1.86. The fraction of sp³-hybridized carbons (Fsp3) is 0.0833. The Balaban J connectivity index is 1.83. The van der Waals surface area contributed by atoms with Crippen LogP contribution in [0.4, 0.5) is 5.69 Å². The van der Waals surface area contributed by atoms with Crippen molar-refractivity contribution in [2.24, 2.45) is 0 Å². The van der Waals surface area contributed by atoms with Gasteiger partial charge >= 0.3 is 0 Å². The zero-order valence-corrected chi connectivity index (χ0v) is 17.7. The molecule has 1 aliphatic rings. The fourth-order valence-corrected chi connectivity index (χ4v) is 4.30. The van der Waals surface area contributed by atoms with E-state index in [0.717, 1.165) is 5.56 Å². The molecule has 0 saturated carbocycles. The standard InChI is InChI=1S/C24H15Cl2NO4/c1-12-5-7-15(11-18(12)26)27-21(13-3-2-4-16(28)9-13)20-22(29)17-10-14(25)6-8-19(17)31-23(20)24(27)30/h2-11,21,28H,1H3. The smallest absolute Gasteiger partial charge is 0.295 e. The van der Waals surface area contributed by atoms with E-state index in [0.29, 0.717) is 21.3 Å². The first-order chi connectivity index (χ1) is 14.8. The molecule has 0 radical (unpaired) electrons. The summed E-state index contributed by atoms with van der Waals surface area (Å²) >= 11 is 12.4. The van der Waals surface area contributed by atoms with Crippen molar-refractivity contribution in [3.05, 3.63) is 103 Å². The zero-order valence-electron chi connectivity index (χ0n) is 16.2. The highest BCUT2D eigenvalue weighted by molar-refractivity contribution is 6.32. The second kappa shape index (κ2) is 7.15. The number of phenolic OH excluding ortho intramolecular Hbond substituents is 1. The summed E-state index contributed by atoms with van der Waals surface area (Å²) in [5.41, 5.74) is 2.07. The maximum atomic E-state index is 13.5. The lowest BCUT2D eigenvalue weighted by Gasteiger charge is -2.25. The van der Waals surface area contributed by atoms with E-state index in [1.807, 2.05) is 6.92 Å². The third-order valence-electron chi connectivity index (χ3n) is 5.45. The number of fused-ring (bicyclic) bond motifs is 2. The number of rotatable bonds is 2. The number of anilines is 1. The molecule has 0 spiro atoms. The van der Waals surface area contributed by atoms with Crippen molar-refractivity contribution in [1.82, 2.24) is 0 Å². The molecule has 0 saturated heterocycles. The Morgan fingerprint density at radius 2 is 1.81 bits per heavy atom. The minimum atomic E-state index is -0.798. The number of nitrogens with zero attached hydrogens (tertiary/aromatic N) is 1. The summed E-state index contributed by atoms with van der Waals surface area (Å²) in [5.74, 6) is -0.476. The molecule has 154 valence electrons. The normalized spacial score (nSPS) is 15.5. The van der Waals surface area contributed by atoms with E-state index in [2.05, 4.69) is 0 Å². The van der Waals surface area contributed by atoms with Crippen molar-refractivity contribution >= 4 is 45.8 Å². The second-order valence-electron chi connectivity index (χ2n) is 7.42. The molecule has 1 aliphatic heterocycles. The maximum Gasteiger partial charge on any atom is 0.295 e. The highest BCUT2D eigenvalue weighted by Gasteiger charge is 2.43. The van der Waals surface area contributed by atoms with E-state index in [4.69, 9.17) is 27.6 Å². The molecule has 2 heterocycles. The van der Waals surface area contributed by atoms with E-state index < -0.39 is 11.9 Å². The van der Waals surface area contributed by atoms with Crippen LogP contribution < -0.4 is 10.3 Å². The first-order valence-electron chi connectivity index (χ1n) is 9.50. The van der Waals surface area contributed by atoms with E-state index in [1.54, 1.807) is 42.5 Å². The molecule has 0 fully saturated rings. The van der Waals surface area contributed by atoms with Crippen molar-refractivity contribution in [3.8, 4) is 5.75 Å². The van der Waals surface area contributed by atoms with Crippen molar-refractivity contribution < 1.29 is 14.3 Å². The molecular weight excluding hydrogens is 437 g/mol. The predicted molar refractivity (Wildman–Crippen MR) is 120 cm³/mol. The molecule has 1 N–H and O–H groups in total. The highest BCUT2D eigenvalue weighted by Crippen LogP contribution is 2.42. The monoisotopic (exact) mass is 451 g/mol. The molecular formula is C24H15Cl2NO4. The Bertz CT molecular complexity index is 1440. The molecule has 1 unspecified atom stereocenters. The molecule has 5 rings (SSSR count). The van der Waals surface area contributed by atoms with Gasteiger partial charge in [0.25, 0.3) is 5.91 Å². The number of aromatic hydroxyl groups is 1. The lowest BCUT2D eigenvalue weighted by molar-refractivity contribution is 0.0971. The van der Waals surface area contributed by atoms with Crippen LogP contribution in [0.2, 0.25) is 10.0 Å². The van der Waals surface area contributed by atoms with Crippen LogP contribution in [-0.2, 0) is 0 Å². The van der Waals surface area contributed by atoms with Gasteiger partial charge in [0.15, 0.2) is 5.43 Å². The quantitative estimate of drug-likeness (QED) is 0.414. The number of halogens is 2. The number of hydrogen-bond donors (Lipinski definition) is 1. The number of aryl methyl sites for hydroxylation is 1. The predicted octanol–water partition coefficient (Wildman–Crippen LogP) is 5.86. The van der Waals surface area contributed by atoms with Crippen LogP contribution >= 0.6 is 23.2 Å². The molecule has 1 atom stereocenters. The van der Waals surface area contributed by atoms with E-state index in [9.17, 15) is 14.7 Å². The molecule has 0 aliphatic carbocycles. The number of amides is 1. The lowest BCUT2D eigenvalue weighted by Crippen LogP contribution is -2.29. The van der Waals surface area contributed by atoms with Gasteiger partial charge < -0.3 is 9.52 Å². The Morgan fingerprint density at radius 1 is 1.00 bits per heavy atom. The fourth-order valence-electron chi connectivity index (χ4n) is 3.95. The average molecular weight is 452 g/mol. The van der Waals surface area contributed by atoms with Crippen LogP contribution in [-0.4, -0.2) is 11.0 Å². The maximum absolute atomic E-state index is 13.5. The molecule has 0 bridgehead atoms. The summed E-state index contributed by atoms with van der Waals surface area (Å²) in [5, 5.41) is 11.2. The Hall–Kier alpha value is -3.28. The van der Waals surface area contributed by atoms with Gasteiger partial charge in [-0.2, -0.15) is 0 Å². The SMILES string of the molecule is Cc1ccc(N2C(=O)c3oc4ccc(Cl)cc4c(=O)c3C2c2cccc(O)c2)cc1Cl. The Labute approximate surface area is 187 Å². The van der Waals surface area contributed by atoms with Gasteiger partial charge in [-0.25, -0.2) is 0 Å². The number of carbonyl (C=O) groups is 1. The number of benzene rings is 3. The molecule has 7 heteroatoms. The second-order valence-corrected chi connectivity index (χ2v) is 8.26. The minimum Gasteiger partial charge on any atom is -0.508 e. The van der Waals surface area contributed by atoms with Gasteiger partial charge in [0.2, 0.25) is 5.76 Å². The van der Waals surface area contributed by atoms with Crippen LogP contribution in [0.3, 0.4) is 0 Å². The molecule has 5 nitrogen and oxygen atoms in total. The van der Waals surface area contributed by atoms with Gasteiger partial charge in [-0.3, -0.25) is 14.5 Å². The van der Waals surface area contributed by atoms with Crippen molar-refractivity contribution in [2.45, 2.75) is 13.0 Å². The van der Waals surface area contributed by atoms with E-state index in [-0.39, 0.29) is 33.5 Å². The molecule has 3 aromatic carbocycles. The Morgan fingerprint density at radius 3 is 2.55 bits per heavy atom. The summed E-state index contributed by atoms with van der Waals surface area (Å²) < 4.78 is 5.89. The average Bonchev–Trinajstić information content (AvgIpc) is 3.03. The van der Waals surface area contributed by atoms with Gasteiger partial charge in [-0.05, 0) is 60.5 Å². The third kappa shape index (κ3) is 3.09. The largest absolute Gasteiger partial charge is 0.508 e. The lowest BCUT2D eigenvalue weighted by atomic mass is 9.98. The van der Waals surface area contributed by atoms with Gasteiger partial charge in [-0.1, -0.05) is 41.4 Å². The van der Waals surface area contributed by atoms with Crippen molar-refractivity contribution in [3.63, 3.8) is 0 Å². The van der Waals surface area contributed by atoms with Crippen molar-refractivity contribution in [2.75, 3.05) is 4.90 Å². The topological polar surface area (TPSA) is 70.8 Å². The molecule has 31 heavy (non-hydrogen) atoms. The summed E-state index contributed by atoms with van der Waals surface area (Å²) in [7, 11) is 0. The minimum absolute atomic E-state index is 0.0218. The van der Waals surface area contributed by atoms with E-state index in [1.165, 1.54) is 23.1 Å². The van der Waals surface area contributed by atoms with Crippen molar-refractivity contribution in [1.29, 1.82) is 0 Å². The van der Waals surface area contributed by atoms with Gasteiger partial charge in [0, 0.05) is 15.7 Å². The highest BCUT2D eigenvalue weighted by atomic mass is 35.5. The number of carbonyl (C=O) groups excluding carboxylic acids is 1. The summed E-state index contributed by atoms with van der Waals surface area (Å²) in [4.78, 5) is 28.5. The molecule has 1 aromatic heterocycles. The van der Waals surface area contributed by atoms with Crippen LogP contribution in [0.15, 0.2) is 69.9 Å². The van der Waals surface area contributed by atoms with Gasteiger partial charge in [0.05, 0.1) is 17.0 Å². The van der Waals surface area contributed by atoms with Crippen LogP contribution in [0.1, 0.15) is 33.3 Å². The third-order valence-corrected chi connectivity index (χ3v) is 6.09. The number of hydrogen-bond acceptors (Lipinski definition) is 4. The van der Waals surface area contributed by atoms with Crippen LogP contribution in [0.25, 0.3) is 11.0 Å². The first kappa shape index (κ1) is 19.7. The van der Waals surface area contributed by atoms with Crippen LogP contribution in [0.5, 0.6) is 5.75 Å². The summed E-state index contributed by atoms with van der Waals surface area (Å²) in [6, 6.07) is 15.6. The summed E-state index contributed by atoms with van der Waals surface area (Å²) in [6.07, 6.45) is 0.